The molecule has 1 amide bonds. The fraction of sp³-hybridized carbons (Fsp3) is 0.909. The first-order valence-corrected chi connectivity index (χ1v) is 5.98. The summed E-state index contributed by atoms with van der Waals surface area (Å²) in [6, 6.07) is 0.0863. The van der Waals surface area contributed by atoms with Gasteiger partial charge in [0.1, 0.15) is 5.60 Å². The summed E-state index contributed by atoms with van der Waals surface area (Å²) in [5.41, 5.74) is -0.441. The molecule has 0 aromatic carbocycles. The number of hydrogen-bond donors (Lipinski definition) is 2. The Morgan fingerprint density at radius 1 is 1.40 bits per heavy atom. The highest BCUT2D eigenvalue weighted by Crippen LogP contribution is 2.09. The summed E-state index contributed by atoms with van der Waals surface area (Å²) in [4.78, 5) is 11.4. The van der Waals surface area contributed by atoms with Gasteiger partial charge < -0.3 is 10.1 Å². The second-order valence-corrected chi connectivity index (χ2v) is 5.52. The van der Waals surface area contributed by atoms with Crippen LogP contribution in [0.3, 0.4) is 0 Å². The molecule has 90 valence electrons. The zero-order chi connectivity index (χ0) is 12.1. The summed E-state index contributed by atoms with van der Waals surface area (Å²) >= 11 is 4.21. The molecule has 0 radical (unpaired) electrons. The van der Waals surface area contributed by atoms with Crippen LogP contribution in [0.25, 0.3) is 0 Å². The summed E-state index contributed by atoms with van der Waals surface area (Å²) in [6.45, 7) is 9.79. The summed E-state index contributed by atoms with van der Waals surface area (Å²) in [6.07, 6.45) is 0.560. The first-order valence-electron chi connectivity index (χ1n) is 5.35. The zero-order valence-corrected chi connectivity index (χ0v) is 11.2. The van der Waals surface area contributed by atoms with Crippen molar-refractivity contribution in [3.8, 4) is 0 Å². The molecule has 0 aliphatic carbocycles. The fourth-order valence-corrected chi connectivity index (χ4v) is 1.46. The molecule has 0 aromatic rings. The van der Waals surface area contributed by atoms with Gasteiger partial charge in [-0.25, -0.2) is 4.79 Å². The lowest BCUT2D eigenvalue weighted by atomic mass is 10.1. The average molecular weight is 233 g/mol. The van der Waals surface area contributed by atoms with Gasteiger partial charge in [0.15, 0.2) is 0 Å². The van der Waals surface area contributed by atoms with Crippen LogP contribution in [0.15, 0.2) is 0 Å². The van der Waals surface area contributed by atoms with E-state index >= 15 is 0 Å². The maximum Gasteiger partial charge on any atom is 0.407 e. The second kappa shape index (κ2) is 6.26. The molecule has 0 saturated heterocycles. The van der Waals surface area contributed by atoms with Crippen LogP contribution in [0.4, 0.5) is 4.79 Å². The van der Waals surface area contributed by atoms with Crippen molar-refractivity contribution >= 4 is 18.7 Å². The number of carbonyl (C=O) groups is 1. The zero-order valence-electron chi connectivity index (χ0n) is 10.3. The maximum absolute atomic E-state index is 11.4. The van der Waals surface area contributed by atoms with E-state index in [1.165, 1.54) is 0 Å². The van der Waals surface area contributed by atoms with Gasteiger partial charge >= 0.3 is 6.09 Å². The van der Waals surface area contributed by atoms with E-state index in [1.807, 2.05) is 20.8 Å². The van der Waals surface area contributed by atoms with Crippen LogP contribution >= 0.6 is 12.6 Å². The minimum absolute atomic E-state index is 0.0863. The van der Waals surface area contributed by atoms with E-state index in [4.69, 9.17) is 4.74 Å². The Kier molecular flexibility index (Phi) is 6.10. The fourth-order valence-electron chi connectivity index (χ4n) is 1.22. The Labute approximate surface area is 98.4 Å². The van der Waals surface area contributed by atoms with E-state index in [1.54, 1.807) is 0 Å². The minimum Gasteiger partial charge on any atom is -0.444 e. The number of hydrogen-bond acceptors (Lipinski definition) is 3. The number of alkyl carbamates (subject to hydrolysis) is 1. The van der Waals surface area contributed by atoms with Crippen molar-refractivity contribution in [1.29, 1.82) is 0 Å². The highest BCUT2D eigenvalue weighted by molar-refractivity contribution is 7.80. The number of carbonyl (C=O) groups excluding carboxylic acids is 1. The van der Waals surface area contributed by atoms with E-state index in [0.29, 0.717) is 11.7 Å². The molecule has 0 bridgehead atoms. The van der Waals surface area contributed by atoms with Crippen LogP contribution in [0.1, 0.15) is 41.0 Å². The van der Waals surface area contributed by atoms with Crippen molar-refractivity contribution in [1.82, 2.24) is 5.32 Å². The molecule has 0 fully saturated rings. The summed E-state index contributed by atoms with van der Waals surface area (Å²) < 4.78 is 5.17. The lowest BCUT2D eigenvalue weighted by Gasteiger charge is -2.23. The third kappa shape index (κ3) is 8.60. The standard InChI is InChI=1S/C11H23NO2S/c1-8(2)6-9(7-15)12-10(13)14-11(3,4)5/h8-9,15H,6-7H2,1-5H3,(H,12,13)/t9-/m0/s1. The summed E-state index contributed by atoms with van der Waals surface area (Å²) in [5, 5.41) is 2.82. The smallest absolute Gasteiger partial charge is 0.407 e. The van der Waals surface area contributed by atoms with Crippen LogP contribution in [0.5, 0.6) is 0 Å². The Balaban J connectivity index is 4.02. The van der Waals surface area contributed by atoms with Gasteiger partial charge in [-0.2, -0.15) is 12.6 Å². The van der Waals surface area contributed by atoms with Gasteiger partial charge in [-0.05, 0) is 33.1 Å². The molecule has 1 N–H and O–H groups in total. The van der Waals surface area contributed by atoms with Crippen molar-refractivity contribution in [2.75, 3.05) is 5.75 Å². The summed E-state index contributed by atoms with van der Waals surface area (Å²) in [5.74, 6) is 1.18. The molecule has 0 aliphatic rings. The van der Waals surface area contributed by atoms with Gasteiger partial charge in [0.05, 0.1) is 0 Å². The van der Waals surface area contributed by atoms with Gasteiger partial charge in [-0.3, -0.25) is 0 Å². The molecule has 15 heavy (non-hydrogen) atoms. The Bertz CT molecular complexity index is 199. The van der Waals surface area contributed by atoms with Crippen LogP contribution in [0.2, 0.25) is 0 Å². The van der Waals surface area contributed by atoms with Crippen molar-refractivity contribution < 1.29 is 9.53 Å². The third-order valence-corrected chi connectivity index (χ3v) is 2.14. The number of nitrogens with one attached hydrogen (secondary N) is 1. The molecule has 0 aliphatic heterocycles. The van der Waals surface area contributed by atoms with Gasteiger partial charge in [-0.15, -0.1) is 0 Å². The van der Waals surface area contributed by atoms with Crippen molar-refractivity contribution in [2.24, 2.45) is 5.92 Å². The molecule has 0 saturated carbocycles. The number of thiol groups is 1. The first kappa shape index (κ1) is 14.6. The SMILES string of the molecule is CC(C)C[C@@H](CS)NC(=O)OC(C)(C)C. The van der Waals surface area contributed by atoms with Crippen molar-refractivity contribution in [3.05, 3.63) is 0 Å². The third-order valence-electron chi connectivity index (χ3n) is 1.70. The molecule has 1 atom stereocenters. The van der Waals surface area contributed by atoms with E-state index in [0.717, 1.165) is 6.42 Å². The predicted octanol–water partition coefficient (Wildman–Crippen LogP) is 2.86. The molecular formula is C11H23NO2S. The Morgan fingerprint density at radius 2 is 1.93 bits per heavy atom. The number of ether oxygens (including phenoxy) is 1. The molecule has 3 nitrogen and oxygen atoms in total. The van der Waals surface area contributed by atoms with Crippen LogP contribution in [-0.2, 0) is 4.74 Å². The highest BCUT2D eigenvalue weighted by atomic mass is 32.1. The quantitative estimate of drug-likeness (QED) is 0.733. The molecular weight excluding hydrogens is 210 g/mol. The molecule has 0 spiro atoms. The maximum atomic E-state index is 11.4. The van der Waals surface area contributed by atoms with Crippen LogP contribution in [0, 0.1) is 5.92 Å². The van der Waals surface area contributed by atoms with E-state index in [-0.39, 0.29) is 12.1 Å². The lowest BCUT2D eigenvalue weighted by molar-refractivity contribution is 0.0505. The second-order valence-electron chi connectivity index (χ2n) is 5.16. The highest BCUT2D eigenvalue weighted by Gasteiger charge is 2.19. The average Bonchev–Trinajstić information content (AvgIpc) is 1.98. The Morgan fingerprint density at radius 3 is 2.27 bits per heavy atom. The molecule has 4 heteroatoms. The van der Waals surface area contributed by atoms with E-state index in [2.05, 4.69) is 31.8 Å². The normalized spacial score (nSPS) is 13.8. The Hall–Kier alpha value is -0.380. The predicted molar refractivity (Wildman–Crippen MR) is 66.5 cm³/mol. The van der Waals surface area contributed by atoms with Crippen LogP contribution < -0.4 is 5.32 Å². The number of rotatable bonds is 4. The largest absolute Gasteiger partial charge is 0.444 e. The van der Waals surface area contributed by atoms with Crippen molar-refractivity contribution in [2.45, 2.75) is 52.7 Å². The minimum atomic E-state index is -0.441. The van der Waals surface area contributed by atoms with E-state index in [9.17, 15) is 4.79 Å². The molecule has 0 rings (SSSR count). The topological polar surface area (TPSA) is 38.3 Å². The first-order chi connectivity index (χ1) is 6.74. The summed E-state index contributed by atoms with van der Waals surface area (Å²) in [7, 11) is 0. The monoisotopic (exact) mass is 233 g/mol. The number of amides is 1. The molecule has 0 heterocycles. The van der Waals surface area contributed by atoms with Crippen LogP contribution in [-0.4, -0.2) is 23.5 Å². The van der Waals surface area contributed by atoms with Crippen molar-refractivity contribution in [3.63, 3.8) is 0 Å². The van der Waals surface area contributed by atoms with E-state index < -0.39 is 5.60 Å². The van der Waals surface area contributed by atoms with Gasteiger partial charge in [0.2, 0.25) is 0 Å². The van der Waals surface area contributed by atoms with Gasteiger partial charge in [0.25, 0.3) is 0 Å². The molecule has 0 unspecified atom stereocenters. The van der Waals surface area contributed by atoms with Gasteiger partial charge in [-0.1, -0.05) is 13.8 Å². The van der Waals surface area contributed by atoms with Gasteiger partial charge in [0, 0.05) is 11.8 Å². The molecule has 0 aromatic heterocycles. The lowest BCUT2D eigenvalue weighted by Crippen LogP contribution is -2.40.